The van der Waals surface area contributed by atoms with Gasteiger partial charge in [0, 0.05) is 29.2 Å². The topological polar surface area (TPSA) is 42.0 Å². The van der Waals surface area contributed by atoms with Gasteiger partial charge in [-0.1, -0.05) is 24.3 Å². The third-order valence-corrected chi connectivity index (χ3v) is 8.45. The number of Topliss-reactive ketones (excluding diaryl/α,β-unsaturated/α-hetero) is 1. The fraction of sp³-hybridized carbons (Fsp3) is 0.448. The van der Waals surface area contributed by atoms with Crippen molar-refractivity contribution in [3.8, 4) is 11.1 Å². The molecule has 1 unspecified atom stereocenters. The van der Waals surface area contributed by atoms with E-state index in [1.165, 1.54) is 12.8 Å². The molecule has 3 aliphatic rings. The third-order valence-electron chi connectivity index (χ3n) is 8.45. The van der Waals surface area contributed by atoms with Crippen LogP contribution in [0.1, 0.15) is 50.5 Å². The number of fused-ring (bicyclic) bond motifs is 1. The first-order valence-electron chi connectivity index (χ1n) is 12.5. The predicted octanol–water partition coefficient (Wildman–Crippen LogP) is 6.10. The molecule has 1 spiro atoms. The molecule has 33 heavy (non-hydrogen) atoms. The Morgan fingerprint density at radius 3 is 2.55 bits per heavy atom. The number of rotatable bonds is 4. The molecular formula is C29H31FN2O. The Kier molecular flexibility index (Phi) is 5.29. The van der Waals surface area contributed by atoms with Crippen LogP contribution in [0.5, 0.6) is 0 Å². The van der Waals surface area contributed by atoms with Crippen LogP contribution in [0.15, 0.2) is 54.9 Å². The second-order valence-electron chi connectivity index (χ2n) is 10.6. The standard InChI is InChI=1S/C29H31FN2O/c30-27-15-22(21-4-6-25-17-31-12-9-23(25)14-21)3-5-24(27)13-19-7-10-29(11-8-19)16-26(20-1-2-20)28(33)18-32-29/h3-6,9,12,14-15,17,19-20,26,32H,1-2,7-8,10-11,13,16,18H2. The molecule has 0 amide bonds. The number of hydrogen-bond acceptors (Lipinski definition) is 3. The largest absolute Gasteiger partial charge is 0.304 e. The Balaban J connectivity index is 1.12. The average Bonchev–Trinajstić information content (AvgIpc) is 3.69. The van der Waals surface area contributed by atoms with E-state index in [0.29, 0.717) is 30.1 Å². The molecule has 1 saturated heterocycles. The predicted molar refractivity (Wildman–Crippen MR) is 129 cm³/mol. The van der Waals surface area contributed by atoms with Crippen molar-refractivity contribution in [2.24, 2.45) is 17.8 Å². The number of piperidine rings is 1. The number of ketones is 1. The number of carbonyl (C=O) groups excluding carboxylic acids is 1. The fourth-order valence-corrected chi connectivity index (χ4v) is 6.22. The highest BCUT2D eigenvalue weighted by atomic mass is 19.1. The van der Waals surface area contributed by atoms with Crippen molar-refractivity contribution in [1.29, 1.82) is 0 Å². The number of aromatic nitrogens is 1. The van der Waals surface area contributed by atoms with Crippen molar-refractivity contribution >= 4 is 16.6 Å². The summed E-state index contributed by atoms with van der Waals surface area (Å²) < 4.78 is 15.1. The average molecular weight is 443 g/mol. The first-order valence-corrected chi connectivity index (χ1v) is 12.5. The second-order valence-corrected chi connectivity index (χ2v) is 10.6. The molecule has 1 aliphatic heterocycles. The van der Waals surface area contributed by atoms with Gasteiger partial charge in [-0.3, -0.25) is 9.78 Å². The second kappa shape index (κ2) is 8.32. The zero-order valence-corrected chi connectivity index (χ0v) is 19.0. The van der Waals surface area contributed by atoms with Crippen LogP contribution in [0, 0.1) is 23.6 Å². The maximum Gasteiger partial charge on any atom is 0.150 e. The lowest BCUT2D eigenvalue weighted by Gasteiger charge is -2.46. The van der Waals surface area contributed by atoms with E-state index in [9.17, 15) is 4.79 Å². The summed E-state index contributed by atoms with van der Waals surface area (Å²) in [5, 5.41) is 5.81. The van der Waals surface area contributed by atoms with Gasteiger partial charge in [-0.2, -0.15) is 0 Å². The molecule has 1 atom stereocenters. The number of pyridine rings is 1. The number of nitrogens with zero attached hydrogens (tertiary/aromatic N) is 1. The maximum absolute atomic E-state index is 15.1. The quantitative estimate of drug-likeness (QED) is 0.531. The van der Waals surface area contributed by atoms with Crippen molar-refractivity contribution in [1.82, 2.24) is 10.3 Å². The molecule has 2 aromatic carbocycles. The smallest absolute Gasteiger partial charge is 0.150 e. The monoisotopic (exact) mass is 442 g/mol. The SMILES string of the molecule is O=C1CNC2(CCC(Cc3ccc(-c4ccc5cnccc5c4)cc3F)CC2)CC1C1CC1. The van der Waals surface area contributed by atoms with Crippen molar-refractivity contribution < 1.29 is 9.18 Å². The zero-order valence-electron chi connectivity index (χ0n) is 19.0. The van der Waals surface area contributed by atoms with E-state index in [0.717, 1.165) is 66.0 Å². The molecule has 4 heteroatoms. The molecule has 170 valence electrons. The van der Waals surface area contributed by atoms with Gasteiger partial charge >= 0.3 is 0 Å². The molecule has 0 radical (unpaired) electrons. The minimum Gasteiger partial charge on any atom is -0.304 e. The molecule has 2 saturated carbocycles. The van der Waals surface area contributed by atoms with Crippen molar-refractivity contribution in [2.75, 3.05) is 6.54 Å². The molecule has 1 N–H and O–H groups in total. The van der Waals surface area contributed by atoms with Crippen LogP contribution in [-0.4, -0.2) is 22.9 Å². The van der Waals surface area contributed by atoms with Crippen LogP contribution in [0.4, 0.5) is 4.39 Å². The summed E-state index contributed by atoms with van der Waals surface area (Å²) in [7, 11) is 0. The van der Waals surface area contributed by atoms with Crippen molar-refractivity contribution in [3.05, 3.63) is 66.2 Å². The molecule has 3 fully saturated rings. The lowest BCUT2D eigenvalue weighted by atomic mass is 9.68. The molecule has 1 aromatic heterocycles. The van der Waals surface area contributed by atoms with Crippen LogP contribution < -0.4 is 5.32 Å². The van der Waals surface area contributed by atoms with E-state index in [1.807, 2.05) is 30.5 Å². The lowest BCUT2D eigenvalue weighted by molar-refractivity contribution is -0.126. The molecule has 2 heterocycles. The molecule has 3 nitrogen and oxygen atoms in total. The fourth-order valence-electron chi connectivity index (χ4n) is 6.22. The van der Waals surface area contributed by atoms with E-state index >= 15 is 4.39 Å². The van der Waals surface area contributed by atoms with Crippen LogP contribution in [0.2, 0.25) is 0 Å². The summed E-state index contributed by atoms with van der Waals surface area (Å²) in [5.74, 6) is 1.79. The number of carbonyl (C=O) groups is 1. The molecule has 3 aromatic rings. The van der Waals surface area contributed by atoms with Gasteiger partial charge in [0.2, 0.25) is 0 Å². The van der Waals surface area contributed by atoms with E-state index < -0.39 is 0 Å². The lowest BCUT2D eigenvalue weighted by Crippen LogP contribution is -2.56. The Morgan fingerprint density at radius 2 is 1.76 bits per heavy atom. The number of halogens is 1. The maximum atomic E-state index is 15.1. The minimum absolute atomic E-state index is 0.0993. The Bertz CT molecular complexity index is 1190. The van der Waals surface area contributed by atoms with Crippen LogP contribution in [0.3, 0.4) is 0 Å². The summed E-state index contributed by atoms with van der Waals surface area (Å²) in [6, 6.07) is 13.9. The van der Waals surface area contributed by atoms with Crippen LogP contribution in [-0.2, 0) is 11.2 Å². The summed E-state index contributed by atoms with van der Waals surface area (Å²) in [5.41, 5.74) is 2.92. The van der Waals surface area contributed by atoms with Gasteiger partial charge in [0.05, 0.1) is 6.54 Å². The molecule has 0 bridgehead atoms. The molecular weight excluding hydrogens is 411 g/mol. The van der Waals surface area contributed by atoms with E-state index in [1.54, 1.807) is 12.3 Å². The summed E-state index contributed by atoms with van der Waals surface area (Å²) >= 11 is 0. The van der Waals surface area contributed by atoms with Gasteiger partial charge in [0.15, 0.2) is 0 Å². The first kappa shape index (κ1) is 21.0. The normalized spacial score (nSPS) is 27.8. The van der Waals surface area contributed by atoms with Gasteiger partial charge in [-0.15, -0.1) is 0 Å². The molecule has 2 aliphatic carbocycles. The summed E-state index contributed by atoms with van der Waals surface area (Å²) in [6.07, 6.45) is 12.4. The van der Waals surface area contributed by atoms with Crippen LogP contribution in [0.25, 0.3) is 21.9 Å². The zero-order chi connectivity index (χ0) is 22.4. The van der Waals surface area contributed by atoms with Gasteiger partial charge in [0.1, 0.15) is 11.6 Å². The van der Waals surface area contributed by atoms with Gasteiger partial charge in [-0.25, -0.2) is 4.39 Å². The third kappa shape index (κ3) is 4.21. The van der Waals surface area contributed by atoms with Gasteiger partial charge < -0.3 is 5.32 Å². The van der Waals surface area contributed by atoms with Crippen molar-refractivity contribution in [3.63, 3.8) is 0 Å². The Hall–Kier alpha value is -2.59. The highest BCUT2D eigenvalue weighted by Crippen LogP contribution is 2.47. The number of nitrogens with one attached hydrogen (secondary N) is 1. The van der Waals surface area contributed by atoms with E-state index in [4.69, 9.17) is 0 Å². The minimum atomic E-state index is -0.0993. The van der Waals surface area contributed by atoms with Crippen molar-refractivity contribution in [2.45, 2.75) is 56.9 Å². The summed E-state index contributed by atoms with van der Waals surface area (Å²) in [4.78, 5) is 16.5. The Labute approximate surface area is 194 Å². The molecule has 6 rings (SSSR count). The Morgan fingerprint density at radius 1 is 0.970 bits per heavy atom. The number of benzene rings is 2. The van der Waals surface area contributed by atoms with E-state index in [2.05, 4.69) is 22.4 Å². The van der Waals surface area contributed by atoms with E-state index in [-0.39, 0.29) is 11.4 Å². The van der Waals surface area contributed by atoms with Gasteiger partial charge in [0.25, 0.3) is 0 Å². The highest BCUT2D eigenvalue weighted by Gasteiger charge is 2.47. The van der Waals surface area contributed by atoms with Crippen LogP contribution >= 0.6 is 0 Å². The highest BCUT2D eigenvalue weighted by molar-refractivity contribution is 5.86. The first-order chi connectivity index (χ1) is 16.1. The summed E-state index contributed by atoms with van der Waals surface area (Å²) in [6.45, 7) is 0.549. The number of hydrogen-bond donors (Lipinski definition) is 1. The van der Waals surface area contributed by atoms with Gasteiger partial charge in [-0.05, 0) is 103 Å².